The highest BCUT2D eigenvalue weighted by Crippen LogP contribution is 2.34. The molecule has 0 fully saturated rings. The summed E-state index contributed by atoms with van der Waals surface area (Å²) in [7, 11) is 1.48. The highest BCUT2D eigenvalue weighted by atomic mass is 35.5. The first kappa shape index (κ1) is 17.6. The van der Waals surface area contributed by atoms with Crippen LogP contribution in [0.1, 0.15) is 32.3 Å². The Balaban J connectivity index is 2.76. The van der Waals surface area contributed by atoms with Crippen molar-refractivity contribution < 1.29 is 19.4 Å². The van der Waals surface area contributed by atoms with Crippen molar-refractivity contribution in [1.82, 2.24) is 5.32 Å². The van der Waals surface area contributed by atoms with Gasteiger partial charge in [0.2, 0.25) is 0 Å². The average molecular weight is 316 g/mol. The lowest BCUT2D eigenvalue weighted by Crippen LogP contribution is -2.37. The molecule has 0 bridgehead atoms. The number of halogens is 1. The molecule has 0 atom stereocenters. The molecule has 0 heterocycles. The van der Waals surface area contributed by atoms with Gasteiger partial charge in [0.05, 0.1) is 13.7 Å². The topological polar surface area (TPSA) is 67.8 Å². The zero-order chi connectivity index (χ0) is 15.8. The Morgan fingerprint density at radius 3 is 2.57 bits per heavy atom. The predicted molar refractivity (Wildman–Crippen MR) is 81.9 cm³/mol. The molecule has 0 saturated heterocycles. The Hall–Kier alpha value is -1.46. The van der Waals surface area contributed by atoms with Crippen molar-refractivity contribution in [3.05, 3.63) is 22.7 Å². The van der Waals surface area contributed by atoms with E-state index in [0.29, 0.717) is 22.1 Å². The van der Waals surface area contributed by atoms with Crippen molar-refractivity contribution in [3.63, 3.8) is 0 Å². The lowest BCUT2D eigenvalue weighted by Gasteiger charge is -2.17. The summed E-state index contributed by atoms with van der Waals surface area (Å²) in [5, 5.41) is 12.7. The fourth-order valence-electron chi connectivity index (χ4n) is 1.96. The summed E-state index contributed by atoms with van der Waals surface area (Å²) < 4.78 is 10.7. The maximum atomic E-state index is 11.8. The second kappa shape index (κ2) is 8.74. The first-order chi connectivity index (χ1) is 10.0. The van der Waals surface area contributed by atoms with Gasteiger partial charge in [-0.15, -0.1) is 0 Å². The summed E-state index contributed by atoms with van der Waals surface area (Å²) in [6.07, 6.45) is 1.74. The minimum atomic E-state index is -0.250. The molecular formula is C15H22ClNO4. The van der Waals surface area contributed by atoms with Crippen molar-refractivity contribution in [2.75, 3.05) is 13.7 Å². The number of hydrogen-bond acceptors (Lipinski definition) is 4. The molecule has 0 saturated carbocycles. The number of carbonyl (C=O) groups excluding carboxylic acids is 1. The van der Waals surface area contributed by atoms with Crippen molar-refractivity contribution in [3.8, 4) is 11.5 Å². The highest BCUT2D eigenvalue weighted by Gasteiger charge is 2.15. The van der Waals surface area contributed by atoms with Crippen LogP contribution in [0.15, 0.2) is 12.1 Å². The van der Waals surface area contributed by atoms with E-state index in [1.165, 1.54) is 7.11 Å². The minimum absolute atomic E-state index is 0.137. The molecule has 21 heavy (non-hydrogen) atoms. The van der Waals surface area contributed by atoms with Crippen LogP contribution in [0.25, 0.3) is 0 Å². The van der Waals surface area contributed by atoms with E-state index >= 15 is 0 Å². The first-order valence-corrected chi connectivity index (χ1v) is 7.32. The number of benzene rings is 1. The van der Waals surface area contributed by atoms with Crippen LogP contribution >= 0.6 is 11.6 Å². The monoisotopic (exact) mass is 315 g/mol. The van der Waals surface area contributed by atoms with E-state index < -0.39 is 0 Å². The van der Waals surface area contributed by atoms with Crippen LogP contribution < -0.4 is 14.8 Å². The van der Waals surface area contributed by atoms with Crippen LogP contribution in [0.4, 0.5) is 0 Å². The van der Waals surface area contributed by atoms with Crippen molar-refractivity contribution >= 4 is 17.5 Å². The number of hydrogen-bond donors (Lipinski definition) is 2. The molecular weight excluding hydrogens is 294 g/mol. The third kappa shape index (κ3) is 5.10. The van der Waals surface area contributed by atoms with Gasteiger partial charge in [0.15, 0.2) is 18.1 Å². The molecule has 0 aliphatic carbocycles. The number of methoxy groups -OCH3 is 1. The predicted octanol–water partition coefficient (Wildman–Crippen LogP) is 2.52. The van der Waals surface area contributed by atoms with E-state index in [-0.39, 0.29) is 25.2 Å². The molecule has 6 heteroatoms. The minimum Gasteiger partial charge on any atom is -0.493 e. The lowest BCUT2D eigenvalue weighted by atomic mass is 10.2. The Labute approximate surface area is 130 Å². The number of amides is 1. The van der Waals surface area contributed by atoms with Gasteiger partial charge < -0.3 is 19.9 Å². The molecule has 2 N–H and O–H groups in total. The zero-order valence-corrected chi connectivity index (χ0v) is 13.4. The Morgan fingerprint density at radius 2 is 2.05 bits per heavy atom. The Bertz CT molecular complexity index is 450. The number of ether oxygens (including phenoxy) is 2. The third-order valence-electron chi connectivity index (χ3n) is 3.19. The molecule has 1 aromatic carbocycles. The molecule has 118 valence electrons. The number of carbonyl (C=O) groups is 1. The molecule has 0 spiro atoms. The highest BCUT2D eigenvalue weighted by molar-refractivity contribution is 6.30. The number of rotatable bonds is 8. The summed E-state index contributed by atoms with van der Waals surface area (Å²) in [5.41, 5.74) is 0.481. The molecule has 1 aromatic rings. The SMILES string of the molecule is CCC(CC)NC(=O)COc1c(CO)cc(Cl)cc1OC. The van der Waals surface area contributed by atoms with Gasteiger partial charge in [0.25, 0.3) is 5.91 Å². The van der Waals surface area contributed by atoms with Crippen LogP contribution in [-0.4, -0.2) is 30.8 Å². The van der Waals surface area contributed by atoms with E-state index in [2.05, 4.69) is 5.32 Å². The molecule has 0 unspecified atom stereocenters. The Kier molecular flexibility index (Phi) is 7.32. The van der Waals surface area contributed by atoms with Crippen LogP contribution in [0, 0.1) is 0 Å². The average Bonchev–Trinajstić information content (AvgIpc) is 2.50. The van der Waals surface area contributed by atoms with Gasteiger partial charge in [-0.1, -0.05) is 25.4 Å². The molecule has 0 aromatic heterocycles. The number of aliphatic hydroxyl groups excluding tert-OH is 1. The Morgan fingerprint density at radius 1 is 1.38 bits per heavy atom. The molecule has 0 radical (unpaired) electrons. The quantitative estimate of drug-likeness (QED) is 0.773. The van der Waals surface area contributed by atoms with Gasteiger partial charge in [-0.05, 0) is 18.9 Å². The summed E-state index contributed by atoms with van der Waals surface area (Å²) in [5.74, 6) is 0.524. The van der Waals surface area contributed by atoms with Crippen molar-refractivity contribution in [2.24, 2.45) is 0 Å². The normalized spacial score (nSPS) is 10.6. The van der Waals surface area contributed by atoms with E-state index in [1.54, 1.807) is 12.1 Å². The second-order valence-corrected chi connectivity index (χ2v) is 5.06. The second-order valence-electron chi connectivity index (χ2n) is 4.62. The fourth-order valence-corrected chi connectivity index (χ4v) is 2.19. The lowest BCUT2D eigenvalue weighted by molar-refractivity contribution is -0.123. The molecule has 1 amide bonds. The van der Waals surface area contributed by atoms with Gasteiger partial charge in [-0.2, -0.15) is 0 Å². The molecule has 1 rings (SSSR count). The van der Waals surface area contributed by atoms with Crippen LogP contribution in [0.2, 0.25) is 5.02 Å². The van der Waals surface area contributed by atoms with Gasteiger partial charge >= 0.3 is 0 Å². The smallest absolute Gasteiger partial charge is 0.258 e. The van der Waals surface area contributed by atoms with E-state index in [9.17, 15) is 9.90 Å². The zero-order valence-electron chi connectivity index (χ0n) is 12.6. The molecule has 0 aliphatic heterocycles. The summed E-state index contributed by atoms with van der Waals surface area (Å²) in [6.45, 7) is 3.64. The fraction of sp³-hybridized carbons (Fsp3) is 0.533. The number of aliphatic hydroxyl groups is 1. The van der Waals surface area contributed by atoms with E-state index in [4.69, 9.17) is 21.1 Å². The van der Waals surface area contributed by atoms with Gasteiger partial charge in [-0.3, -0.25) is 4.79 Å². The molecule has 0 aliphatic rings. The van der Waals surface area contributed by atoms with Crippen LogP contribution in [0.3, 0.4) is 0 Å². The largest absolute Gasteiger partial charge is 0.493 e. The van der Waals surface area contributed by atoms with Crippen LogP contribution in [-0.2, 0) is 11.4 Å². The first-order valence-electron chi connectivity index (χ1n) is 6.95. The standard InChI is InChI=1S/C15H22ClNO4/c1-4-12(5-2)17-14(19)9-21-15-10(8-18)6-11(16)7-13(15)20-3/h6-7,12,18H,4-5,8-9H2,1-3H3,(H,17,19). The van der Waals surface area contributed by atoms with Crippen LogP contribution in [0.5, 0.6) is 11.5 Å². The van der Waals surface area contributed by atoms with Gasteiger partial charge in [0, 0.05) is 22.7 Å². The van der Waals surface area contributed by atoms with Crippen molar-refractivity contribution in [1.29, 1.82) is 0 Å². The van der Waals surface area contributed by atoms with Crippen molar-refractivity contribution in [2.45, 2.75) is 39.3 Å². The summed E-state index contributed by atoms with van der Waals surface area (Å²) >= 11 is 5.92. The molecule has 5 nitrogen and oxygen atoms in total. The van der Waals surface area contributed by atoms with Gasteiger partial charge in [0.1, 0.15) is 0 Å². The maximum Gasteiger partial charge on any atom is 0.258 e. The third-order valence-corrected chi connectivity index (χ3v) is 3.40. The summed E-state index contributed by atoms with van der Waals surface area (Å²) in [4.78, 5) is 11.8. The van der Waals surface area contributed by atoms with E-state index in [1.807, 2.05) is 13.8 Å². The maximum absolute atomic E-state index is 11.8. The van der Waals surface area contributed by atoms with E-state index in [0.717, 1.165) is 12.8 Å². The van der Waals surface area contributed by atoms with Gasteiger partial charge in [-0.25, -0.2) is 0 Å². The summed E-state index contributed by atoms with van der Waals surface area (Å²) in [6, 6.07) is 3.30. The number of nitrogens with one attached hydrogen (secondary N) is 1.